The quantitative estimate of drug-likeness (QED) is 0.544. The summed E-state index contributed by atoms with van der Waals surface area (Å²) in [7, 11) is 4.16. The van der Waals surface area contributed by atoms with Crippen molar-refractivity contribution in [2.24, 2.45) is 11.8 Å². The fourth-order valence-electron chi connectivity index (χ4n) is 5.27. The lowest BCUT2D eigenvalue weighted by Crippen LogP contribution is -2.46. The van der Waals surface area contributed by atoms with Crippen LogP contribution in [0.5, 0.6) is 0 Å². The molecule has 7 heteroatoms. The van der Waals surface area contributed by atoms with Gasteiger partial charge in [-0.25, -0.2) is 0 Å². The Bertz CT molecular complexity index is 678. The maximum atomic E-state index is 13.2. The van der Waals surface area contributed by atoms with Crippen molar-refractivity contribution in [3.05, 3.63) is 17.5 Å². The number of carbonyl (C=O) groups excluding carboxylic acids is 1. The normalized spacial score (nSPS) is 22.6. The number of H-pyrrole nitrogens is 1. The second-order valence-corrected chi connectivity index (χ2v) is 10.3. The number of nitrogens with zero attached hydrogens (tertiary/aromatic N) is 3. The van der Waals surface area contributed by atoms with E-state index in [0.717, 1.165) is 77.9 Å². The predicted molar refractivity (Wildman–Crippen MR) is 129 cm³/mol. The summed E-state index contributed by atoms with van der Waals surface area (Å²) >= 11 is 0. The molecule has 32 heavy (non-hydrogen) atoms. The Hall–Kier alpha value is -1.44. The lowest BCUT2D eigenvalue weighted by Gasteiger charge is -2.39. The molecule has 2 N–H and O–H groups in total. The third kappa shape index (κ3) is 7.29. The molecule has 0 aromatic carbocycles. The van der Waals surface area contributed by atoms with Gasteiger partial charge in [0, 0.05) is 69.5 Å². The molecule has 1 saturated heterocycles. The molecule has 182 valence electrons. The number of carbonyl (C=O) groups is 1. The summed E-state index contributed by atoms with van der Waals surface area (Å²) in [5.41, 5.74) is 2.56. The van der Waals surface area contributed by atoms with Gasteiger partial charge in [0.25, 0.3) is 0 Å². The number of hydrogen-bond donors (Lipinski definition) is 2. The highest BCUT2D eigenvalue weighted by Crippen LogP contribution is 2.36. The first-order valence-corrected chi connectivity index (χ1v) is 12.7. The molecule has 1 aromatic heterocycles. The van der Waals surface area contributed by atoms with E-state index in [2.05, 4.69) is 52.4 Å². The standard InChI is InChI=1S/C25H45N5O2/c1-19(2)15-24(31)30(17-20-9-13-32-14-10-20)23-7-5-21(6-8-23)25-22(16-27-28-25)18-29(4)12-11-26-3/h16,19-21,23,26H,5-15,17-18H2,1-4H3,(H,27,28)/t21-,23-. The molecule has 1 aliphatic carbocycles. The number of rotatable bonds is 11. The fraction of sp³-hybridized carbons (Fsp3) is 0.840. The predicted octanol–water partition coefficient (Wildman–Crippen LogP) is 3.39. The van der Waals surface area contributed by atoms with Crippen LogP contribution in [-0.2, 0) is 16.1 Å². The SMILES string of the molecule is CNCCN(C)Cc1c[nH]nc1[C@H]1CC[C@H](N(CC2CCOCC2)C(=O)CC(C)C)CC1. The summed E-state index contributed by atoms with van der Waals surface area (Å²) in [6.45, 7) is 9.82. The van der Waals surface area contributed by atoms with Gasteiger partial charge in [-0.2, -0.15) is 5.10 Å². The van der Waals surface area contributed by atoms with Crippen molar-refractivity contribution in [1.82, 2.24) is 25.3 Å². The molecule has 7 nitrogen and oxygen atoms in total. The Morgan fingerprint density at radius 3 is 2.59 bits per heavy atom. The second kappa shape index (κ2) is 12.7. The molecule has 1 amide bonds. The fourth-order valence-corrected chi connectivity index (χ4v) is 5.27. The van der Waals surface area contributed by atoms with Crippen molar-refractivity contribution < 1.29 is 9.53 Å². The molecule has 1 aromatic rings. The van der Waals surface area contributed by atoms with Gasteiger partial charge < -0.3 is 19.9 Å². The van der Waals surface area contributed by atoms with E-state index in [1.54, 1.807) is 0 Å². The van der Waals surface area contributed by atoms with Gasteiger partial charge in [0.2, 0.25) is 5.91 Å². The highest BCUT2D eigenvalue weighted by Gasteiger charge is 2.33. The summed E-state index contributed by atoms with van der Waals surface area (Å²) in [6, 6.07) is 0.376. The van der Waals surface area contributed by atoms with Gasteiger partial charge in [0.1, 0.15) is 0 Å². The van der Waals surface area contributed by atoms with E-state index in [-0.39, 0.29) is 0 Å². The van der Waals surface area contributed by atoms with E-state index < -0.39 is 0 Å². The smallest absolute Gasteiger partial charge is 0.223 e. The minimum atomic E-state index is 0.349. The zero-order valence-electron chi connectivity index (χ0n) is 20.7. The number of aromatic amines is 1. The van der Waals surface area contributed by atoms with E-state index in [1.807, 2.05) is 7.05 Å². The van der Waals surface area contributed by atoms with Crippen LogP contribution in [0.1, 0.15) is 76.0 Å². The summed E-state index contributed by atoms with van der Waals surface area (Å²) in [5.74, 6) is 1.84. The highest BCUT2D eigenvalue weighted by molar-refractivity contribution is 5.76. The molecular weight excluding hydrogens is 402 g/mol. The van der Waals surface area contributed by atoms with Crippen molar-refractivity contribution in [1.29, 1.82) is 0 Å². The molecule has 0 spiro atoms. The van der Waals surface area contributed by atoms with E-state index >= 15 is 0 Å². The van der Waals surface area contributed by atoms with Gasteiger partial charge in [-0.3, -0.25) is 9.89 Å². The molecule has 0 radical (unpaired) electrons. The van der Waals surface area contributed by atoms with Crippen LogP contribution in [0, 0.1) is 11.8 Å². The molecule has 0 unspecified atom stereocenters. The lowest BCUT2D eigenvalue weighted by atomic mass is 9.81. The highest BCUT2D eigenvalue weighted by atomic mass is 16.5. The van der Waals surface area contributed by atoms with Crippen molar-refractivity contribution >= 4 is 5.91 Å². The number of nitrogens with one attached hydrogen (secondary N) is 2. The van der Waals surface area contributed by atoms with Crippen LogP contribution >= 0.6 is 0 Å². The van der Waals surface area contributed by atoms with Gasteiger partial charge in [-0.15, -0.1) is 0 Å². The van der Waals surface area contributed by atoms with Crippen LogP contribution in [0.15, 0.2) is 6.20 Å². The number of hydrogen-bond acceptors (Lipinski definition) is 5. The Balaban J connectivity index is 1.59. The summed E-state index contributed by atoms with van der Waals surface area (Å²) in [5, 5.41) is 11.0. The first kappa shape index (κ1) is 25.2. The van der Waals surface area contributed by atoms with Crippen LogP contribution in [0.4, 0.5) is 0 Å². The van der Waals surface area contributed by atoms with Crippen molar-refractivity contribution in [2.45, 2.75) is 77.3 Å². The van der Waals surface area contributed by atoms with Crippen LogP contribution in [0.2, 0.25) is 0 Å². The van der Waals surface area contributed by atoms with Crippen LogP contribution in [-0.4, -0.2) is 78.9 Å². The first-order chi connectivity index (χ1) is 15.5. The minimum Gasteiger partial charge on any atom is -0.381 e. The zero-order valence-corrected chi connectivity index (χ0v) is 20.7. The summed E-state index contributed by atoms with van der Waals surface area (Å²) < 4.78 is 5.55. The molecule has 2 heterocycles. The Morgan fingerprint density at radius 2 is 1.94 bits per heavy atom. The summed E-state index contributed by atoms with van der Waals surface area (Å²) in [6.07, 6.45) is 9.28. The maximum Gasteiger partial charge on any atom is 0.223 e. The van der Waals surface area contributed by atoms with Gasteiger partial charge in [0.15, 0.2) is 0 Å². The lowest BCUT2D eigenvalue weighted by molar-refractivity contribution is -0.136. The molecule has 0 bridgehead atoms. The van der Waals surface area contributed by atoms with Crippen LogP contribution in [0.25, 0.3) is 0 Å². The van der Waals surface area contributed by atoms with Crippen LogP contribution < -0.4 is 5.32 Å². The van der Waals surface area contributed by atoms with Crippen molar-refractivity contribution in [2.75, 3.05) is 46.9 Å². The molecular formula is C25H45N5O2. The Labute approximate surface area is 194 Å². The topological polar surface area (TPSA) is 73.5 Å². The molecule has 2 fully saturated rings. The third-order valence-electron chi connectivity index (χ3n) is 7.16. The Kier molecular flexibility index (Phi) is 10.0. The number of amides is 1. The first-order valence-electron chi connectivity index (χ1n) is 12.7. The Morgan fingerprint density at radius 1 is 1.22 bits per heavy atom. The molecule has 2 aliphatic rings. The second-order valence-electron chi connectivity index (χ2n) is 10.3. The minimum absolute atomic E-state index is 0.349. The van der Waals surface area contributed by atoms with Crippen molar-refractivity contribution in [3.8, 4) is 0 Å². The van der Waals surface area contributed by atoms with Gasteiger partial charge in [-0.1, -0.05) is 13.8 Å². The number of likely N-dealkylation sites (N-methyl/N-ethyl adjacent to an activating group) is 2. The average molecular weight is 448 g/mol. The zero-order chi connectivity index (χ0) is 22.9. The maximum absolute atomic E-state index is 13.2. The summed E-state index contributed by atoms with van der Waals surface area (Å²) in [4.78, 5) is 17.8. The number of aromatic nitrogens is 2. The van der Waals surface area contributed by atoms with E-state index in [9.17, 15) is 4.79 Å². The van der Waals surface area contributed by atoms with Gasteiger partial charge in [0.05, 0.1) is 5.69 Å². The molecule has 1 aliphatic heterocycles. The number of ether oxygens (including phenoxy) is 1. The van der Waals surface area contributed by atoms with Gasteiger partial charge in [-0.05, 0) is 64.5 Å². The molecule has 3 rings (SSSR count). The molecule has 0 atom stereocenters. The molecule has 1 saturated carbocycles. The largest absolute Gasteiger partial charge is 0.381 e. The van der Waals surface area contributed by atoms with E-state index in [4.69, 9.17) is 4.74 Å². The van der Waals surface area contributed by atoms with Crippen molar-refractivity contribution in [3.63, 3.8) is 0 Å². The van der Waals surface area contributed by atoms with E-state index in [0.29, 0.717) is 36.1 Å². The van der Waals surface area contributed by atoms with Gasteiger partial charge >= 0.3 is 0 Å². The average Bonchev–Trinajstić information content (AvgIpc) is 3.24. The van der Waals surface area contributed by atoms with Crippen LogP contribution in [0.3, 0.4) is 0 Å². The monoisotopic (exact) mass is 447 g/mol. The third-order valence-corrected chi connectivity index (χ3v) is 7.16. The van der Waals surface area contributed by atoms with E-state index in [1.165, 1.54) is 11.3 Å².